The number of hydrogen-bond acceptors (Lipinski definition) is 3. The summed E-state index contributed by atoms with van der Waals surface area (Å²) in [6.07, 6.45) is 1.87. The molecular formula is C16H18N4. The Kier molecular flexibility index (Phi) is 3.24. The molecule has 0 aliphatic heterocycles. The van der Waals surface area contributed by atoms with Gasteiger partial charge in [-0.1, -0.05) is 30.3 Å². The first kappa shape index (κ1) is 12.8. The van der Waals surface area contributed by atoms with Crippen LogP contribution in [0, 0.1) is 6.92 Å². The van der Waals surface area contributed by atoms with Gasteiger partial charge in [0, 0.05) is 24.3 Å². The Balaban J connectivity index is 2.30. The van der Waals surface area contributed by atoms with Gasteiger partial charge in [-0.05, 0) is 25.5 Å². The summed E-state index contributed by atoms with van der Waals surface area (Å²) >= 11 is 0. The van der Waals surface area contributed by atoms with Crippen molar-refractivity contribution >= 4 is 11.2 Å². The van der Waals surface area contributed by atoms with E-state index in [1.165, 1.54) is 0 Å². The maximum absolute atomic E-state index is 5.85. The van der Waals surface area contributed by atoms with E-state index in [2.05, 4.69) is 34.7 Å². The summed E-state index contributed by atoms with van der Waals surface area (Å²) < 4.78 is 2.13. The maximum Gasteiger partial charge on any atom is 0.160 e. The highest BCUT2D eigenvalue weighted by Gasteiger charge is 2.17. The minimum absolute atomic E-state index is 0.158. The Morgan fingerprint density at radius 1 is 1.25 bits per heavy atom. The van der Waals surface area contributed by atoms with Gasteiger partial charge in [0.25, 0.3) is 0 Å². The third-order valence-corrected chi connectivity index (χ3v) is 3.48. The van der Waals surface area contributed by atoms with Crippen molar-refractivity contribution in [3.8, 4) is 11.4 Å². The summed E-state index contributed by atoms with van der Waals surface area (Å²) in [6.45, 7) is 4.68. The van der Waals surface area contributed by atoms with Crippen LogP contribution in [0.15, 0.2) is 42.6 Å². The summed E-state index contributed by atoms with van der Waals surface area (Å²) in [5.41, 5.74) is 9.87. The van der Waals surface area contributed by atoms with E-state index in [9.17, 15) is 0 Å². The number of benzene rings is 1. The highest BCUT2D eigenvalue weighted by Crippen LogP contribution is 2.27. The second-order valence-electron chi connectivity index (χ2n) is 5.11. The molecule has 0 aliphatic carbocycles. The van der Waals surface area contributed by atoms with Crippen molar-refractivity contribution in [2.45, 2.75) is 19.9 Å². The van der Waals surface area contributed by atoms with Gasteiger partial charge in [0.15, 0.2) is 5.65 Å². The van der Waals surface area contributed by atoms with E-state index in [-0.39, 0.29) is 6.04 Å². The van der Waals surface area contributed by atoms with Gasteiger partial charge < -0.3 is 10.3 Å². The molecule has 4 nitrogen and oxygen atoms in total. The predicted molar refractivity (Wildman–Crippen MR) is 81.5 cm³/mol. The Hall–Kier alpha value is -2.20. The lowest BCUT2D eigenvalue weighted by Crippen LogP contribution is -2.17. The number of nitrogens with zero attached hydrogens (tertiary/aromatic N) is 3. The fourth-order valence-electron chi connectivity index (χ4n) is 2.40. The molecule has 102 valence electrons. The van der Waals surface area contributed by atoms with Crippen LogP contribution in [0.3, 0.4) is 0 Å². The molecule has 1 aromatic carbocycles. The van der Waals surface area contributed by atoms with E-state index < -0.39 is 0 Å². The molecule has 2 heterocycles. The minimum atomic E-state index is 0.158. The Morgan fingerprint density at radius 3 is 2.70 bits per heavy atom. The lowest BCUT2D eigenvalue weighted by molar-refractivity contribution is 0.575. The molecule has 1 unspecified atom stereocenters. The molecule has 2 N–H and O–H groups in total. The Bertz CT molecular complexity index is 731. The van der Waals surface area contributed by atoms with Gasteiger partial charge in [-0.3, -0.25) is 0 Å². The SMILES string of the molecule is Cc1cnc2c(c1)nc(-c1ccccc1)n2C(C)CN. The first-order valence-corrected chi connectivity index (χ1v) is 6.80. The van der Waals surface area contributed by atoms with Crippen LogP contribution in [-0.4, -0.2) is 21.1 Å². The minimum Gasteiger partial charge on any atom is -0.328 e. The number of pyridine rings is 1. The van der Waals surface area contributed by atoms with Crippen molar-refractivity contribution in [1.82, 2.24) is 14.5 Å². The maximum atomic E-state index is 5.85. The predicted octanol–water partition coefficient (Wildman–Crippen LogP) is 2.93. The number of nitrogens with two attached hydrogens (primary N) is 1. The van der Waals surface area contributed by atoms with Crippen LogP contribution < -0.4 is 5.73 Å². The second-order valence-corrected chi connectivity index (χ2v) is 5.11. The number of rotatable bonds is 3. The molecule has 0 fully saturated rings. The van der Waals surface area contributed by atoms with Crippen LogP contribution in [0.2, 0.25) is 0 Å². The summed E-state index contributed by atoms with van der Waals surface area (Å²) in [6, 6.07) is 12.4. The van der Waals surface area contributed by atoms with Crippen molar-refractivity contribution < 1.29 is 0 Å². The number of fused-ring (bicyclic) bond motifs is 1. The highest BCUT2D eigenvalue weighted by atomic mass is 15.2. The number of imidazole rings is 1. The molecule has 20 heavy (non-hydrogen) atoms. The molecule has 4 heteroatoms. The number of aromatic nitrogens is 3. The van der Waals surface area contributed by atoms with Crippen LogP contribution in [0.5, 0.6) is 0 Å². The van der Waals surface area contributed by atoms with Crippen molar-refractivity contribution in [3.63, 3.8) is 0 Å². The molecular weight excluding hydrogens is 248 g/mol. The van der Waals surface area contributed by atoms with Gasteiger partial charge >= 0.3 is 0 Å². The van der Waals surface area contributed by atoms with Gasteiger partial charge in [-0.15, -0.1) is 0 Å². The van der Waals surface area contributed by atoms with Crippen LogP contribution in [0.4, 0.5) is 0 Å². The van der Waals surface area contributed by atoms with E-state index in [0.29, 0.717) is 6.54 Å². The third kappa shape index (κ3) is 2.08. The molecule has 3 aromatic rings. The van der Waals surface area contributed by atoms with Crippen molar-refractivity contribution in [3.05, 3.63) is 48.2 Å². The molecule has 0 saturated heterocycles. The van der Waals surface area contributed by atoms with Crippen molar-refractivity contribution in [2.75, 3.05) is 6.54 Å². The summed E-state index contributed by atoms with van der Waals surface area (Å²) in [5.74, 6) is 0.927. The van der Waals surface area contributed by atoms with E-state index >= 15 is 0 Å². The molecule has 0 bridgehead atoms. The molecule has 0 saturated carbocycles. The molecule has 0 radical (unpaired) electrons. The van der Waals surface area contributed by atoms with E-state index in [0.717, 1.165) is 28.1 Å². The average Bonchev–Trinajstić information content (AvgIpc) is 2.85. The smallest absolute Gasteiger partial charge is 0.160 e. The van der Waals surface area contributed by atoms with Gasteiger partial charge in [-0.2, -0.15) is 0 Å². The quantitative estimate of drug-likeness (QED) is 0.793. The largest absolute Gasteiger partial charge is 0.328 e. The molecule has 2 aromatic heterocycles. The molecule has 0 spiro atoms. The second kappa shape index (κ2) is 5.06. The van der Waals surface area contributed by atoms with Gasteiger partial charge in [0.05, 0.1) is 0 Å². The van der Waals surface area contributed by atoms with E-state index in [1.54, 1.807) is 0 Å². The third-order valence-electron chi connectivity index (χ3n) is 3.48. The number of hydrogen-bond donors (Lipinski definition) is 1. The zero-order valence-electron chi connectivity index (χ0n) is 11.7. The van der Waals surface area contributed by atoms with Crippen LogP contribution >= 0.6 is 0 Å². The van der Waals surface area contributed by atoms with Crippen molar-refractivity contribution in [2.24, 2.45) is 5.73 Å². The molecule has 0 aliphatic rings. The average molecular weight is 266 g/mol. The Morgan fingerprint density at radius 2 is 2.00 bits per heavy atom. The van der Waals surface area contributed by atoms with E-state index in [4.69, 9.17) is 10.7 Å². The van der Waals surface area contributed by atoms with Gasteiger partial charge in [-0.25, -0.2) is 9.97 Å². The number of aryl methyl sites for hydroxylation is 1. The van der Waals surface area contributed by atoms with Gasteiger partial charge in [0.1, 0.15) is 11.3 Å². The van der Waals surface area contributed by atoms with Crippen molar-refractivity contribution in [1.29, 1.82) is 0 Å². The monoisotopic (exact) mass is 266 g/mol. The van der Waals surface area contributed by atoms with Crippen LogP contribution in [0.1, 0.15) is 18.5 Å². The molecule has 3 rings (SSSR count). The van der Waals surface area contributed by atoms with E-state index in [1.807, 2.05) is 31.3 Å². The highest BCUT2D eigenvalue weighted by molar-refractivity contribution is 5.77. The fraction of sp³-hybridized carbons (Fsp3) is 0.250. The molecule has 1 atom stereocenters. The zero-order chi connectivity index (χ0) is 14.1. The molecule has 0 amide bonds. The zero-order valence-corrected chi connectivity index (χ0v) is 11.7. The summed E-state index contributed by atoms with van der Waals surface area (Å²) in [4.78, 5) is 9.30. The normalized spacial score (nSPS) is 12.8. The van der Waals surface area contributed by atoms with Crippen LogP contribution in [0.25, 0.3) is 22.6 Å². The first-order valence-electron chi connectivity index (χ1n) is 6.80. The lowest BCUT2D eigenvalue weighted by Gasteiger charge is -2.15. The van der Waals surface area contributed by atoms with Gasteiger partial charge in [0.2, 0.25) is 0 Å². The standard InChI is InChI=1S/C16H18N4/c1-11-8-14-16(18-10-11)20(12(2)9-17)15(19-14)13-6-4-3-5-7-13/h3-8,10,12H,9,17H2,1-2H3. The lowest BCUT2D eigenvalue weighted by atomic mass is 10.2. The first-order chi connectivity index (χ1) is 9.70. The van der Waals surface area contributed by atoms with Crippen LogP contribution in [-0.2, 0) is 0 Å². The summed E-state index contributed by atoms with van der Waals surface area (Å²) in [5, 5.41) is 0. The fourth-order valence-corrected chi connectivity index (χ4v) is 2.40. The topological polar surface area (TPSA) is 56.7 Å². The summed E-state index contributed by atoms with van der Waals surface area (Å²) in [7, 11) is 0. The Labute approximate surface area is 118 Å².